The highest BCUT2D eigenvalue weighted by Crippen LogP contribution is 2.29. The number of rotatable bonds is 4. The van der Waals surface area contributed by atoms with Gasteiger partial charge in [0.1, 0.15) is 18.0 Å². The molecule has 1 fully saturated rings. The van der Waals surface area contributed by atoms with Crippen LogP contribution in [-0.2, 0) is 0 Å². The Morgan fingerprint density at radius 2 is 2.21 bits per heavy atom. The van der Waals surface area contributed by atoms with E-state index in [0.717, 1.165) is 43.2 Å². The molecule has 0 amide bonds. The van der Waals surface area contributed by atoms with Crippen molar-refractivity contribution < 1.29 is 4.74 Å². The minimum absolute atomic E-state index is 0.335. The first-order valence-electron chi connectivity index (χ1n) is 8.34. The zero-order valence-corrected chi connectivity index (χ0v) is 13.7. The quantitative estimate of drug-likeness (QED) is 0.733. The van der Waals surface area contributed by atoms with Crippen LogP contribution >= 0.6 is 0 Å². The zero-order chi connectivity index (χ0) is 16.4. The number of nitrogens with zero attached hydrogens (tertiary/aromatic N) is 6. The van der Waals surface area contributed by atoms with Gasteiger partial charge in [0.25, 0.3) is 0 Å². The molecule has 7 nitrogen and oxygen atoms in total. The van der Waals surface area contributed by atoms with Crippen LogP contribution in [0.1, 0.15) is 31.5 Å². The highest BCUT2D eigenvalue weighted by Gasteiger charge is 2.26. The van der Waals surface area contributed by atoms with E-state index in [2.05, 4.69) is 29.5 Å². The fourth-order valence-electron chi connectivity index (χ4n) is 3.26. The van der Waals surface area contributed by atoms with E-state index in [-0.39, 0.29) is 0 Å². The Bertz CT molecular complexity index is 833. The van der Waals surface area contributed by atoms with E-state index in [4.69, 9.17) is 4.74 Å². The van der Waals surface area contributed by atoms with Gasteiger partial charge in [-0.25, -0.2) is 9.97 Å². The molecule has 0 spiro atoms. The number of fused-ring (bicyclic) bond motifs is 1. The second kappa shape index (κ2) is 6.43. The molecule has 0 saturated carbocycles. The molecule has 0 bridgehead atoms. The summed E-state index contributed by atoms with van der Waals surface area (Å²) in [4.78, 5) is 10.8. The Labute approximate surface area is 140 Å². The SMILES string of the molecule is CCOc1cc(N2CCC[C@H](c3nnc4ccccn34)C2)ncn1. The fraction of sp³-hybridized carbons (Fsp3) is 0.412. The molecule has 1 saturated heterocycles. The maximum atomic E-state index is 5.49. The van der Waals surface area contributed by atoms with Crippen molar-refractivity contribution >= 4 is 11.5 Å². The van der Waals surface area contributed by atoms with Crippen molar-refractivity contribution in [3.8, 4) is 5.88 Å². The summed E-state index contributed by atoms with van der Waals surface area (Å²) >= 11 is 0. The average Bonchev–Trinajstić information content (AvgIpc) is 3.07. The molecule has 0 aliphatic carbocycles. The monoisotopic (exact) mass is 324 g/mol. The van der Waals surface area contributed by atoms with Crippen molar-refractivity contribution in [3.63, 3.8) is 0 Å². The van der Waals surface area contributed by atoms with E-state index in [1.165, 1.54) is 0 Å². The van der Waals surface area contributed by atoms with E-state index >= 15 is 0 Å². The van der Waals surface area contributed by atoms with Crippen LogP contribution in [0.25, 0.3) is 5.65 Å². The first-order valence-corrected chi connectivity index (χ1v) is 8.34. The van der Waals surface area contributed by atoms with Crippen molar-refractivity contribution in [2.24, 2.45) is 0 Å². The van der Waals surface area contributed by atoms with E-state index in [0.29, 0.717) is 18.4 Å². The third-order valence-electron chi connectivity index (χ3n) is 4.37. The number of hydrogen-bond acceptors (Lipinski definition) is 6. The maximum Gasteiger partial charge on any atom is 0.218 e. The largest absolute Gasteiger partial charge is 0.478 e. The van der Waals surface area contributed by atoms with Crippen LogP contribution in [0, 0.1) is 0 Å². The lowest BCUT2D eigenvalue weighted by Crippen LogP contribution is -2.35. The van der Waals surface area contributed by atoms with Gasteiger partial charge < -0.3 is 9.64 Å². The van der Waals surface area contributed by atoms with Gasteiger partial charge >= 0.3 is 0 Å². The van der Waals surface area contributed by atoms with Gasteiger partial charge in [-0.15, -0.1) is 10.2 Å². The van der Waals surface area contributed by atoms with Crippen molar-refractivity contribution in [1.82, 2.24) is 24.6 Å². The van der Waals surface area contributed by atoms with Crippen LogP contribution in [0.15, 0.2) is 36.8 Å². The number of aromatic nitrogens is 5. The predicted octanol–water partition coefficient (Wildman–Crippen LogP) is 2.30. The normalized spacial score (nSPS) is 18.0. The second-order valence-corrected chi connectivity index (χ2v) is 5.92. The Hall–Kier alpha value is -2.70. The average molecular weight is 324 g/mol. The van der Waals surface area contributed by atoms with Crippen molar-refractivity contribution in [2.45, 2.75) is 25.7 Å². The summed E-state index contributed by atoms with van der Waals surface area (Å²) in [5.74, 6) is 2.89. The van der Waals surface area contributed by atoms with Gasteiger partial charge in [-0.3, -0.25) is 4.40 Å². The summed E-state index contributed by atoms with van der Waals surface area (Å²) in [5.41, 5.74) is 0.894. The van der Waals surface area contributed by atoms with Gasteiger partial charge in [0.2, 0.25) is 5.88 Å². The van der Waals surface area contributed by atoms with E-state index in [1.54, 1.807) is 6.33 Å². The topological polar surface area (TPSA) is 68.4 Å². The smallest absolute Gasteiger partial charge is 0.218 e. The van der Waals surface area contributed by atoms with Gasteiger partial charge in [0.05, 0.1) is 6.61 Å². The third kappa shape index (κ3) is 2.77. The molecule has 0 N–H and O–H groups in total. The highest BCUT2D eigenvalue weighted by atomic mass is 16.5. The molecular formula is C17H20N6O. The maximum absolute atomic E-state index is 5.49. The zero-order valence-electron chi connectivity index (χ0n) is 13.7. The molecule has 1 aliphatic rings. The number of pyridine rings is 1. The van der Waals surface area contributed by atoms with E-state index in [1.807, 2.05) is 37.4 Å². The molecular weight excluding hydrogens is 304 g/mol. The van der Waals surface area contributed by atoms with Gasteiger partial charge in [0.15, 0.2) is 5.65 Å². The molecule has 4 heterocycles. The molecule has 1 atom stereocenters. The van der Waals surface area contributed by atoms with Crippen LogP contribution in [0.4, 0.5) is 5.82 Å². The number of anilines is 1. The molecule has 3 aromatic heterocycles. The van der Waals surface area contributed by atoms with Crippen LogP contribution in [-0.4, -0.2) is 44.3 Å². The lowest BCUT2D eigenvalue weighted by Gasteiger charge is -2.32. The number of piperidine rings is 1. The first-order chi connectivity index (χ1) is 11.8. The van der Waals surface area contributed by atoms with Crippen molar-refractivity contribution in [3.05, 3.63) is 42.6 Å². The minimum atomic E-state index is 0.335. The summed E-state index contributed by atoms with van der Waals surface area (Å²) in [5, 5.41) is 8.70. The van der Waals surface area contributed by atoms with Crippen molar-refractivity contribution in [1.29, 1.82) is 0 Å². The first kappa shape index (κ1) is 14.9. The Kier molecular flexibility index (Phi) is 3.98. The molecule has 0 aromatic carbocycles. The Morgan fingerprint density at radius 3 is 3.12 bits per heavy atom. The molecule has 3 aromatic rings. The van der Waals surface area contributed by atoms with Gasteiger partial charge in [-0.2, -0.15) is 0 Å². The standard InChI is InChI=1S/C17H20N6O/c1-2-24-16-10-15(18-12-19-16)22-8-5-6-13(11-22)17-21-20-14-7-3-4-9-23(14)17/h3-4,7,9-10,12-13H,2,5-6,8,11H2,1H3/t13-/m0/s1. The molecule has 24 heavy (non-hydrogen) atoms. The Morgan fingerprint density at radius 1 is 1.25 bits per heavy atom. The molecule has 4 rings (SSSR count). The van der Waals surface area contributed by atoms with Crippen LogP contribution < -0.4 is 9.64 Å². The van der Waals surface area contributed by atoms with Crippen LogP contribution in [0.5, 0.6) is 5.88 Å². The van der Waals surface area contributed by atoms with Crippen LogP contribution in [0.2, 0.25) is 0 Å². The lowest BCUT2D eigenvalue weighted by molar-refractivity contribution is 0.326. The summed E-state index contributed by atoms with van der Waals surface area (Å²) < 4.78 is 7.57. The molecule has 124 valence electrons. The van der Waals surface area contributed by atoms with Crippen molar-refractivity contribution in [2.75, 3.05) is 24.6 Å². The number of hydrogen-bond donors (Lipinski definition) is 0. The van der Waals surface area contributed by atoms with Crippen LogP contribution in [0.3, 0.4) is 0 Å². The summed E-state index contributed by atoms with van der Waals surface area (Å²) in [6.45, 7) is 4.41. The van der Waals surface area contributed by atoms with E-state index in [9.17, 15) is 0 Å². The molecule has 1 aliphatic heterocycles. The summed E-state index contributed by atoms with van der Waals surface area (Å²) in [7, 11) is 0. The fourth-order valence-corrected chi connectivity index (χ4v) is 3.26. The lowest BCUT2D eigenvalue weighted by atomic mass is 9.97. The molecule has 0 unspecified atom stereocenters. The number of ether oxygens (including phenoxy) is 1. The van der Waals surface area contributed by atoms with Gasteiger partial charge in [-0.1, -0.05) is 6.07 Å². The third-order valence-corrected chi connectivity index (χ3v) is 4.37. The summed E-state index contributed by atoms with van der Waals surface area (Å²) in [6, 6.07) is 7.89. The molecule has 7 heteroatoms. The van der Waals surface area contributed by atoms with Gasteiger partial charge in [-0.05, 0) is 31.9 Å². The van der Waals surface area contributed by atoms with Gasteiger partial charge in [0, 0.05) is 31.3 Å². The second-order valence-electron chi connectivity index (χ2n) is 5.92. The highest BCUT2D eigenvalue weighted by molar-refractivity contribution is 5.43. The molecule has 0 radical (unpaired) electrons. The predicted molar refractivity (Wildman–Crippen MR) is 90.4 cm³/mol. The Balaban J connectivity index is 1.58. The summed E-state index contributed by atoms with van der Waals surface area (Å²) in [6.07, 6.45) is 5.80. The van der Waals surface area contributed by atoms with E-state index < -0.39 is 0 Å². The minimum Gasteiger partial charge on any atom is -0.478 e.